The molecule has 0 unspecified atom stereocenters. The zero-order valence-corrected chi connectivity index (χ0v) is 50.7. The molecule has 6 aromatic carbocycles. The molecule has 0 saturated carbocycles. The Morgan fingerprint density at radius 1 is 0.318 bits per heavy atom. The number of methoxy groups -OCH3 is 1. The molecule has 0 radical (unpaired) electrons. The summed E-state index contributed by atoms with van der Waals surface area (Å²) in [5.74, 6) is -0.270. The third-order valence-electron chi connectivity index (χ3n) is 12.5. The van der Waals surface area contributed by atoms with E-state index in [-0.39, 0.29) is 34.8 Å². The third-order valence-corrected chi connectivity index (χ3v) is 13.0. The van der Waals surface area contributed by atoms with E-state index in [9.17, 15) is 83.4 Å². The minimum Gasteiger partial charge on any atom is -0.496 e. The first-order valence-corrected chi connectivity index (χ1v) is 26.9. The minimum absolute atomic E-state index is 0.00208. The third kappa shape index (κ3) is 25.3. The number of hydrogen-bond acceptors (Lipinski definition) is 1. The van der Waals surface area contributed by atoms with Gasteiger partial charge in [-0.3, -0.25) is 0 Å². The molecule has 0 aromatic heterocycles. The molecule has 85 heavy (non-hydrogen) atoms. The molecule has 0 atom stereocenters. The number of aryl methyl sites for hydroxylation is 2. The molecule has 0 aliphatic carbocycles. The Morgan fingerprint density at radius 3 is 1.01 bits per heavy atom. The van der Waals surface area contributed by atoms with E-state index < -0.39 is 82.2 Å². The van der Waals surface area contributed by atoms with Gasteiger partial charge in [0.1, 0.15) is 11.6 Å². The molecule has 0 saturated heterocycles. The highest BCUT2D eigenvalue weighted by atomic mass is 35.5. The van der Waals surface area contributed by atoms with Gasteiger partial charge in [-0.15, -0.1) is 0 Å². The van der Waals surface area contributed by atoms with Crippen molar-refractivity contribution in [2.45, 2.75) is 169 Å². The summed E-state index contributed by atoms with van der Waals surface area (Å²) < 4.78 is 241. The average Bonchev–Trinajstić information content (AvgIpc) is 2.64. The van der Waals surface area contributed by atoms with E-state index in [0.29, 0.717) is 46.0 Å². The molecule has 6 rings (SSSR count). The predicted molar refractivity (Wildman–Crippen MR) is 299 cm³/mol. The van der Waals surface area contributed by atoms with Crippen molar-refractivity contribution in [2.75, 3.05) is 7.11 Å². The van der Waals surface area contributed by atoms with E-state index in [4.69, 9.17) is 27.9 Å². The summed E-state index contributed by atoms with van der Waals surface area (Å²) in [4.78, 5) is 0. The van der Waals surface area contributed by atoms with E-state index in [0.717, 1.165) is 64.7 Å². The lowest BCUT2D eigenvalue weighted by atomic mass is 9.94. The second-order valence-electron chi connectivity index (χ2n) is 21.2. The van der Waals surface area contributed by atoms with Crippen molar-refractivity contribution in [3.05, 3.63) is 203 Å². The Balaban J connectivity index is 0.000000512. The number of ether oxygens (including phenoxy) is 1. The van der Waals surface area contributed by atoms with Crippen LogP contribution >= 0.6 is 23.2 Å². The van der Waals surface area contributed by atoms with Crippen LogP contribution in [-0.4, -0.2) is 7.11 Å². The molecular formula is C63H69Cl2F19O. The first kappa shape index (κ1) is 77.4. The summed E-state index contributed by atoms with van der Waals surface area (Å²) in [6.45, 7) is 25.5. The van der Waals surface area contributed by atoms with Gasteiger partial charge in [0.2, 0.25) is 0 Å². The summed E-state index contributed by atoms with van der Waals surface area (Å²) in [5, 5.41) is 1.21. The van der Waals surface area contributed by atoms with Crippen molar-refractivity contribution >= 4 is 23.2 Å². The second-order valence-corrected chi connectivity index (χ2v) is 22.1. The molecule has 0 aliphatic rings. The van der Waals surface area contributed by atoms with E-state index in [1.165, 1.54) is 56.3 Å². The normalized spacial score (nSPS) is 12.2. The molecular weight excluding hydrogens is 1200 g/mol. The highest BCUT2D eigenvalue weighted by Crippen LogP contribution is 2.41. The van der Waals surface area contributed by atoms with Gasteiger partial charge in [-0.1, -0.05) is 118 Å². The van der Waals surface area contributed by atoms with Crippen LogP contribution in [0.2, 0.25) is 10.0 Å². The van der Waals surface area contributed by atoms with E-state index in [2.05, 4.69) is 26.8 Å². The smallest absolute Gasteiger partial charge is 0.416 e. The highest BCUT2D eigenvalue weighted by molar-refractivity contribution is 6.31. The van der Waals surface area contributed by atoms with Gasteiger partial charge in [-0.2, -0.15) is 79.0 Å². The number of rotatable bonds is 7. The molecule has 0 amide bonds. The number of hydrogen-bond donors (Lipinski definition) is 0. The highest BCUT2D eigenvalue weighted by Gasteiger charge is 2.38. The lowest BCUT2D eigenvalue weighted by Gasteiger charge is -2.17. The molecule has 0 bridgehead atoms. The summed E-state index contributed by atoms with van der Waals surface area (Å²) >= 11 is 11.6. The SMILES string of the molecule is CC(C)c1cc(C(F)(F)F)ccc1C(F)(F)F.CC(C)c1cc(C(F)(F)F)ccc1Cl.CC(C)c1cc(C(F)(F)F)ccc1F.COc1ccc(C(F)(F)F)cc1C(C)C.Cc1cc(Cl)ccc1C(C)C.Cc1ccc(C(F)(F)F)cc1C(C)C. The second kappa shape index (κ2) is 31.8. The Morgan fingerprint density at radius 2 is 0.647 bits per heavy atom. The monoisotopic (exact) mass is 1270 g/mol. The molecule has 22 heteroatoms. The van der Waals surface area contributed by atoms with Gasteiger partial charge in [-0.05, 0) is 191 Å². The molecule has 1 nitrogen and oxygen atoms in total. The summed E-state index contributed by atoms with van der Waals surface area (Å²) in [5.41, 5.74) is 0.484. The van der Waals surface area contributed by atoms with Crippen LogP contribution < -0.4 is 4.74 Å². The zero-order chi connectivity index (χ0) is 66.3. The van der Waals surface area contributed by atoms with Crippen molar-refractivity contribution in [2.24, 2.45) is 0 Å². The van der Waals surface area contributed by atoms with Crippen LogP contribution in [0.15, 0.2) is 109 Å². The van der Waals surface area contributed by atoms with E-state index >= 15 is 0 Å². The van der Waals surface area contributed by atoms with Crippen LogP contribution in [-0.2, 0) is 37.1 Å². The molecule has 474 valence electrons. The Bertz CT molecular complexity index is 2870. The predicted octanol–water partition coefficient (Wildman–Crippen LogP) is 25.0. The van der Waals surface area contributed by atoms with Gasteiger partial charge >= 0.3 is 37.1 Å². The molecule has 0 N–H and O–H groups in total. The van der Waals surface area contributed by atoms with Gasteiger partial charge in [-0.25, -0.2) is 4.39 Å². The van der Waals surface area contributed by atoms with Gasteiger partial charge in [0.05, 0.1) is 40.5 Å². The molecule has 6 aromatic rings. The molecule has 0 spiro atoms. The Labute approximate surface area is 494 Å². The van der Waals surface area contributed by atoms with Crippen LogP contribution in [0.3, 0.4) is 0 Å². The van der Waals surface area contributed by atoms with Gasteiger partial charge in [0, 0.05) is 10.0 Å². The van der Waals surface area contributed by atoms with Crippen molar-refractivity contribution in [1.82, 2.24) is 0 Å². The van der Waals surface area contributed by atoms with Gasteiger partial charge in [0.15, 0.2) is 0 Å². The van der Waals surface area contributed by atoms with Crippen molar-refractivity contribution in [1.29, 1.82) is 0 Å². The Kier molecular flexibility index (Phi) is 29.0. The lowest BCUT2D eigenvalue weighted by Crippen LogP contribution is -2.13. The number of halogens is 21. The number of alkyl halides is 18. The largest absolute Gasteiger partial charge is 0.496 e. The standard InChI is InChI=1S/C11H10F6.C11H13F3O.C11H13F3.C10H10ClF3.C10H13Cl.C10H10F4/c1-6(2)8-5-7(10(12,13)14)3-4-9(8)11(15,16)17;1-7(2)9-6-8(11(12,13)14)4-5-10(9)15-3;1-7(2)10-6-9(11(12,13)14)5-4-8(10)3;1-6(2)8-5-7(10(12,13)14)3-4-9(8)11;1-7(2)10-5-4-9(11)6-8(10)3;1-6(2)8-5-7(10(12,13)14)3-4-9(8)11/h3-6H,1-2H3;4-7H,1-3H3;4-7H,1-3H3;3-6H,1-2H3;4-7H,1-3H3;3-6H,1-2H3. The lowest BCUT2D eigenvalue weighted by molar-refractivity contribution is -0.142. The molecule has 0 aliphatic heterocycles. The van der Waals surface area contributed by atoms with Gasteiger partial charge in [0.25, 0.3) is 0 Å². The van der Waals surface area contributed by atoms with E-state index in [1.54, 1.807) is 27.7 Å². The van der Waals surface area contributed by atoms with Crippen LogP contribution in [0, 0.1) is 19.7 Å². The van der Waals surface area contributed by atoms with Crippen molar-refractivity contribution in [3.63, 3.8) is 0 Å². The van der Waals surface area contributed by atoms with Crippen molar-refractivity contribution in [3.8, 4) is 5.75 Å². The summed E-state index contributed by atoms with van der Waals surface area (Å²) in [7, 11) is 1.45. The first-order chi connectivity index (χ1) is 38.5. The van der Waals surface area contributed by atoms with Crippen LogP contribution in [0.4, 0.5) is 83.4 Å². The molecule has 0 fully saturated rings. The average molecular weight is 1270 g/mol. The number of benzene rings is 6. The van der Waals surface area contributed by atoms with Crippen LogP contribution in [0.25, 0.3) is 0 Å². The molecule has 0 heterocycles. The fourth-order valence-electron chi connectivity index (χ4n) is 7.89. The Hall–Kier alpha value is -5.63. The summed E-state index contributed by atoms with van der Waals surface area (Å²) in [6, 6.07) is 20.8. The van der Waals surface area contributed by atoms with E-state index in [1.807, 2.05) is 46.8 Å². The maximum Gasteiger partial charge on any atom is 0.416 e. The first-order valence-electron chi connectivity index (χ1n) is 26.2. The fraction of sp³-hybridized carbons (Fsp3) is 0.429. The van der Waals surface area contributed by atoms with Gasteiger partial charge < -0.3 is 4.74 Å². The van der Waals surface area contributed by atoms with Crippen LogP contribution in [0.5, 0.6) is 5.75 Å². The maximum absolute atomic E-state index is 13.0. The summed E-state index contributed by atoms with van der Waals surface area (Å²) in [6.07, 6.45) is -26.5. The topological polar surface area (TPSA) is 9.23 Å². The minimum atomic E-state index is -4.64. The quantitative estimate of drug-likeness (QED) is 0.145. The van der Waals surface area contributed by atoms with Crippen LogP contribution in [0.1, 0.15) is 196 Å². The van der Waals surface area contributed by atoms with Crippen molar-refractivity contribution < 1.29 is 88.2 Å². The fourth-order valence-corrected chi connectivity index (χ4v) is 8.45. The zero-order valence-electron chi connectivity index (χ0n) is 49.2. The maximum atomic E-state index is 13.0.